The maximum atomic E-state index is 13.0. The molecule has 1 unspecified atom stereocenters. The number of anilines is 1. The molecule has 0 saturated heterocycles. The fraction of sp³-hybridized carbons (Fsp3) is 0.391. The van der Waals surface area contributed by atoms with E-state index in [-0.39, 0.29) is 11.8 Å². The molecule has 0 amide bonds. The molecule has 140 valence electrons. The van der Waals surface area contributed by atoms with Crippen LogP contribution in [0, 0.1) is 0 Å². The highest BCUT2D eigenvalue weighted by Crippen LogP contribution is 2.34. The Morgan fingerprint density at radius 1 is 0.923 bits per heavy atom. The Morgan fingerprint density at radius 3 is 1.92 bits per heavy atom. The van der Waals surface area contributed by atoms with Crippen molar-refractivity contribution in [3.63, 3.8) is 0 Å². The zero-order valence-corrected chi connectivity index (χ0v) is 16.9. The molecule has 1 N–H and O–H groups in total. The lowest BCUT2D eigenvalue weighted by Crippen LogP contribution is -2.39. The van der Waals surface area contributed by atoms with E-state index in [0.717, 1.165) is 23.4 Å². The maximum Gasteiger partial charge on any atom is 0.192 e. The first-order valence-electron chi connectivity index (χ1n) is 9.65. The summed E-state index contributed by atoms with van der Waals surface area (Å²) in [6, 6.07) is 19.3. The van der Waals surface area contributed by atoms with Crippen LogP contribution in [0.2, 0.25) is 0 Å². The van der Waals surface area contributed by atoms with Crippen LogP contribution < -0.4 is 5.32 Å². The fourth-order valence-corrected chi connectivity index (χ4v) is 2.94. The normalized spacial score (nSPS) is 20.9. The summed E-state index contributed by atoms with van der Waals surface area (Å²) < 4.78 is 0. The number of hydrogen-bond donors (Lipinski definition) is 1. The van der Waals surface area contributed by atoms with Crippen LogP contribution in [0.1, 0.15) is 53.5 Å². The van der Waals surface area contributed by atoms with E-state index < -0.39 is 5.54 Å². The molecular weight excluding hydrogens is 320 g/mol. The second kappa shape index (κ2) is 10.5. The molecule has 0 bridgehead atoms. The number of carbonyl (C=O) groups excluding carboxylic acids is 1. The summed E-state index contributed by atoms with van der Waals surface area (Å²) in [4.78, 5) is 17.8. The molecule has 3 heteroatoms. The van der Waals surface area contributed by atoms with Gasteiger partial charge in [-0.2, -0.15) is 0 Å². The molecule has 2 aromatic rings. The van der Waals surface area contributed by atoms with Crippen molar-refractivity contribution in [2.75, 3.05) is 5.32 Å². The third-order valence-electron chi connectivity index (χ3n) is 4.23. The summed E-state index contributed by atoms with van der Waals surface area (Å²) in [5, 5.41) is 3.34. The number of carbonyl (C=O) groups is 1. The van der Waals surface area contributed by atoms with Crippen molar-refractivity contribution in [1.29, 1.82) is 0 Å². The predicted octanol–water partition coefficient (Wildman–Crippen LogP) is 5.87. The van der Waals surface area contributed by atoms with Gasteiger partial charge in [-0.3, -0.25) is 9.79 Å². The van der Waals surface area contributed by atoms with Crippen LogP contribution in [-0.4, -0.2) is 17.5 Å². The third-order valence-corrected chi connectivity index (χ3v) is 4.23. The Labute approximate surface area is 158 Å². The van der Waals surface area contributed by atoms with Crippen molar-refractivity contribution >= 4 is 17.2 Å². The smallest absolute Gasteiger partial charge is 0.192 e. The topological polar surface area (TPSA) is 41.5 Å². The summed E-state index contributed by atoms with van der Waals surface area (Å²) in [5.74, 6) is 0.111. The van der Waals surface area contributed by atoms with Gasteiger partial charge in [-0.25, -0.2) is 0 Å². The molecule has 3 rings (SSSR count). The van der Waals surface area contributed by atoms with Crippen LogP contribution in [0.3, 0.4) is 0 Å². The molecule has 26 heavy (non-hydrogen) atoms. The summed E-state index contributed by atoms with van der Waals surface area (Å²) in [5.41, 5.74) is 2.02. The summed E-state index contributed by atoms with van der Waals surface area (Å²) in [6.45, 7) is 12.0. The minimum Gasteiger partial charge on any atom is -0.371 e. The van der Waals surface area contributed by atoms with E-state index >= 15 is 0 Å². The molecule has 1 aliphatic rings. The van der Waals surface area contributed by atoms with Gasteiger partial charge in [0.15, 0.2) is 5.78 Å². The van der Waals surface area contributed by atoms with Crippen LogP contribution in [0.5, 0.6) is 0 Å². The van der Waals surface area contributed by atoms with Gasteiger partial charge in [0.1, 0.15) is 11.6 Å². The van der Waals surface area contributed by atoms with Crippen molar-refractivity contribution < 1.29 is 4.79 Å². The molecule has 0 aromatic heterocycles. The largest absolute Gasteiger partial charge is 0.371 e. The summed E-state index contributed by atoms with van der Waals surface area (Å²) in [7, 11) is 0. The number of hydrogen-bond acceptors (Lipinski definition) is 3. The van der Waals surface area contributed by atoms with Gasteiger partial charge in [0.2, 0.25) is 0 Å². The SMILES string of the molecule is CC.CC.CCC1=N[C@@](C)(c2ccccc2)C(=O)C1Nc1ccccc1. The molecule has 1 aliphatic heterocycles. The molecule has 1 heterocycles. The van der Waals surface area contributed by atoms with E-state index in [2.05, 4.69) is 5.32 Å². The molecule has 2 aromatic carbocycles. The Morgan fingerprint density at radius 2 is 1.42 bits per heavy atom. The number of aliphatic imine (C=N–C) groups is 1. The van der Waals surface area contributed by atoms with Crippen molar-refractivity contribution in [3.05, 3.63) is 66.2 Å². The number of rotatable bonds is 4. The first-order valence-corrected chi connectivity index (χ1v) is 9.65. The van der Waals surface area contributed by atoms with Gasteiger partial charge in [0, 0.05) is 11.4 Å². The number of para-hydroxylation sites is 1. The quantitative estimate of drug-likeness (QED) is 0.748. The zero-order valence-electron chi connectivity index (χ0n) is 16.9. The van der Waals surface area contributed by atoms with Gasteiger partial charge in [-0.1, -0.05) is 83.1 Å². The van der Waals surface area contributed by atoms with Gasteiger partial charge in [0.05, 0.1) is 0 Å². The van der Waals surface area contributed by atoms with Crippen molar-refractivity contribution in [3.8, 4) is 0 Å². The van der Waals surface area contributed by atoms with Crippen molar-refractivity contribution in [1.82, 2.24) is 0 Å². The van der Waals surface area contributed by atoms with E-state index in [9.17, 15) is 4.79 Å². The van der Waals surface area contributed by atoms with Crippen molar-refractivity contribution in [2.45, 2.75) is 59.5 Å². The van der Waals surface area contributed by atoms with E-state index in [1.54, 1.807) is 0 Å². The summed E-state index contributed by atoms with van der Waals surface area (Å²) in [6.07, 6.45) is 0.763. The summed E-state index contributed by atoms with van der Waals surface area (Å²) >= 11 is 0. The predicted molar refractivity (Wildman–Crippen MR) is 113 cm³/mol. The molecule has 0 fully saturated rings. The molecule has 2 atom stereocenters. The zero-order chi connectivity index (χ0) is 19.6. The Bertz CT molecular complexity index is 695. The van der Waals surface area contributed by atoms with Crippen LogP contribution >= 0.6 is 0 Å². The Hall–Kier alpha value is -2.42. The first-order chi connectivity index (χ1) is 12.6. The highest BCUT2D eigenvalue weighted by Gasteiger charge is 2.46. The van der Waals surface area contributed by atoms with Gasteiger partial charge in [-0.05, 0) is 31.0 Å². The fourth-order valence-electron chi connectivity index (χ4n) is 2.94. The average molecular weight is 353 g/mol. The lowest BCUT2D eigenvalue weighted by Gasteiger charge is -2.22. The second-order valence-corrected chi connectivity index (χ2v) is 5.70. The van der Waals surface area contributed by atoms with Crippen LogP contribution in [0.15, 0.2) is 65.7 Å². The Kier molecular flexibility index (Phi) is 8.77. The minimum absolute atomic E-state index is 0.111. The van der Waals surface area contributed by atoms with Crippen molar-refractivity contribution in [2.24, 2.45) is 4.99 Å². The van der Waals surface area contributed by atoms with Gasteiger partial charge < -0.3 is 5.32 Å². The van der Waals surface area contributed by atoms with Gasteiger partial charge >= 0.3 is 0 Å². The highest BCUT2D eigenvalue weighted by atomic mass is 16.1. The van der Waals surface area contributed by atoms with E-state index in [4.69, 9.17) is 4.99 Å². The van der Waals surface area contributed by atoms with Gasteiger partial charge in [0.25, 0.3) is 0 Å². The third kappa shape index (κ3) is 4.60. The molecule has 0 spiro atoms. The van der Waals surface area contributed by atoms with Crippen LogP contribution in [0.25, 0.3) is 0 Å². The molecule has 0 saturated carbocycles. The first kappa shape index (κ1) is 21.6. The van der Waals surface area contributed by atoms with E-state index in [0.29, 0.717) is 0 Å². The van der Waals surface area contributed by atoms with Crippen LogP contribution in [0.4, 0.5) is 5.69 Å². The number of benzene rings is 2. The molecular formula is C23H32N2O. The average Bonchev–Trinajstić information content (AvgIpc) is 2.98. The molecule has 0 aliphatic carbocycles. The van der Waals surface area contributed by atoms with Crippen LogP contribution in [-0.2, 0) is 10.3 Å². The Balaban J connectivity index is 0.000000791. The number of Topliss-reactive ketones (excluding diaryl/α,β-unsaturated/α-hetero) is 1. The second-order valence-electron chi connectivity index (χ2n) is 5.70. The monoisotopic (exact) mass is 352 g/mol. The number of nitrogens with one attached hydrogen (secondary N) is 1. The van der Waals surface area contributed by atoms with E-state index in [1.165, 1.54) is 0 Å². The molecule has 3 nitrogen and oxygen atoms in total. The van der Waals surface area contributed by atoms with E-state index in [1.807, 2.05) is 102 Å². The highest BCUT2D eigenvalue weighted by molar-refractivity contribution is 6.19. The lowest BCUT2D eigenvalue weighted by molar-refractivity contribution is -0.122. The lowest BCUT2D eigenvalue weighted by atomic mass is 9.87. The number of nitrogens with zero attached hydrogens (tertiary/aromatic N) is 1. The maximum absolute atomic E-state index is 13.0. The molecule has 0 radical (unpaired) electrons. The van der Waals surface area contributed by atoms with Gasteiger partial charge in [-0.15, -0.1) is 0 Å². The standard InChI is InChI=1S/C19H20N2O.2C2H6/c1-3-16-17(20-15-12-8-5-9-13-15)18(22)19(2,21-16)14-10-6-4-7-11-14;2*1-2/h4-13,17,20H,3H2,1-2H3;2*1-2H3/t17?,19-;;/m0../s1. The minimum atomic E-state index is -0.793. The number of ketones is 1.